The lowest BCUT2D eigenvalue weighted by atomic mass is 10.2. The quantitative estimate of drug-likeness (QED) is 0.490. The van der Waals surface area contributed by atoms with Gasteiger partial charge in [-0.3, -0.25) is 4.79 Å². The lowest BCUT2D eigenvalue weighted by Gasteiger charge is -2.03. The van der Waals surface area contributed by atoms with Crippen LogP contribution < -0.4 is 5.32 Å². The van der Waals surface area contributed by atoms with Gasteiger partial charge in [-0.15, -0.1) is 0 Å². The Morgan fingerprint density at radius 2 is 1.92 bits per heavy atom. The maximum atomic E-state index is 12.1. The third-order valence-electron chi connectivity index (χ3n) is 3.49. The standard InChI is InChI=1S/C19H12Cl2N2O3/c20-15-4-1-5-16(21)18(15)17-7-6-13(26-17)9-12(10-22)19(24)23-11-14-3-2-8-25-14/h1-9H,11H2,(H,23,24)/b12-9+. The van der Waals surface area contributed by atoms with Crippen molar-refractivity contribution in [3.63, 3.8) is 0 Å². The number of furan rings is 2. The lowest BCUT2D eigenvalue weighted by Crippen LogP contribution is -2.23. The molecule has 3 aromatic rings. The average molecular weight is 387 g/mol. The fourth-order valence-electron chi connectivity index (χ4n) is 2.26. The van der Waals surface area contributed by atoms with E-state index in [0.29, 0.717) is 32.9 Å². The highest BCUT2D eigenvalue weighted by Crippen LogP contribution is 2.35. The van der Waals surface area contributed by atoms with E-state index >= 15 is 0 Å². The zero-order valence-electron chi connectivity index (χ0n) is 13.3. The summed E-state index contributed by atoms with van der Waals surface area (Å²) >= 11 is 12.3. The van der Waals surface area contributed by atoms with Gasteiger partial charge in [0.25, 0.3) is 5.91 Å². The summed E-state index contributed by atoms with van der Waals surface area (Å²) in [5.41, 5.74) is 0.457. The summed E-state index contributed by atoms with van der Waals surface area (Å²) in [6, 6.07) is 13.7. The zero-order chi connectivity index (χ0) is 18.5. The van der Waals surface area contributed by atoms with Crippen LogP contribution in [0.3, 0.4) is 0 Å². The number of nitrogens with one attached hydrogen (secondary N) is 1. The van der Waals surface area contributed by atoms with Gasteiger partial charge in [-0.05, 0) is 36.4 Å². The molecule has 2 aromatic heterocycles. The molecule has 0 fully saturated rings. The van der Waals surface area contributed by atoms with E-state index in [4.69, 9.17) is 32.0 Å². The third-order valence-corrected chi connectivity index (χ3v) is 4.12. The predicted octanol–water partition coefficient (Wildman–Crippen LogP) is 5.07. The van der Waals surface area contributed by atoms with Crippen LogP contribution in [0.4, 0.5) is 0 Å². The van der Waals surface area contributed by atoms with E-state index in [1.54, 1.807) is 42.5 Å². The Morgan fingerprint density at radius 1 is 1.15 bits per heavy atom. The summed E-state index contributed by atoms with van der Waals surface area (Å²) in [4.78, 5) is 12.1. The van der Waals surface area contributed by atoms with E-state index in [-0.39, 0.29) is 12.1 Å². The van der Waals surface area contributed by atoms with Crippen molar-refractivity contribution in [1.82, 2.24) is 5.32 Å². The van der Waals surface area contributed by atoms with Gasteiger partial charge >= 0.3 is 0 Å². The van der Waals surface area contributed by atoms with Gasteiger partial charge in [0.1, 0.15) is 28.9 Å². The van der Waals surface area contributed by atoms with Gasteiger partial charge in [0, 0.05) is 6.08 Å². The predicted molar refractivity (Wildman–Crippen MR) is 98.3 cm³/mol. The van der Waals surface area contributed by atoms with E-state index in [1.165, 1.54) is 12.3 Å². The van der Waals surface area contributed by atoms with Crippen LogP contribution >= 0.6 is 23.2 Å². The highest BCUT2D eigenvalue weighted by atomic mass is 35.5. The maximum absolute atomic E-state index is 12.1. The average Bonchev–Trinajstić information content (AvgIpc) is 3.29. The summed E-state index contributed by atoms with van der Waals surface area (Å²) in [7, 11) is 0. The van der Waals surface area contributed by atoms with Gasteiger partial charge in [0.2, 0.25) is 0 Å². The first-order valence-corrected chi connectivity index (χ1v) is 8.30. The van der Waals surface area contributed by atoms with Crippen LogP contribution in [0.15, 0.2) is 63.1 Å². The minimum Gasteiger partial charge on any atom is -0.467 e. The van der Waals surface area contributed by atoms with Crippen molar-refractivity contribution in [3.05, 3.63) is 75.9 Å². The van der Waals surface area contributed by atoms with E-state index in [2.05, 4.69) is 5.32 Å². The highest BCUT2D eigenvalue weighted by molar-refractivity contribution is 6.39. The van der Waals surface area contributed by atoms with Crippen LogP contribution in [0, 0.1) is 11.3 Å². The molecule has 0 spiro atoms. The normalized spacial score (nSPS) is 11.2. The molecule has 130 valence electrons. The van der Waals surface area contributed by atoms with Crippen molar-refractivity contribution in [2.24, 2.45) is 0 Å². The van der Waals surface area contributed by atoms with Crippen LogP contribution in [0.5, 0.6) is 0 Å². The maximum Gasteiger partial charge on any atom is 0.262 e. The summed E-state index contributed by atoms with van der Waals surface area (Å²) < 4.78 is 10.8. The minimum absolute atomic E-state index is 0.0947. The number of amides is 1. The van der Waals surface area contributed by atoms with E-state index in [9.17, 15) is 10.1 Å². The zero-order valence-corrected chi connectivity index (χ0v) is 14.8. The molecular weight excluding hydrogens is 375 g/mol. The summed E-state index contributed by atoms with van der Waals surface area (Å²) in [5.74, 6) is 0.836. The molecule has 0 saturated heterocycles. The second kappa shape index (κ2) is 7.96. The number of halogens is 2. The number of nitrogens with zero attached hydrogens (tertiary/aromatic N) is 1. The van der Waals surface area contributed by atoms with Crippen molar-refractivity contribution >= 4 is 35.2 Å². The number of hydrogen-bond acceptors (Lipinski definition) is 4. The molecule has 5 nitrogen and oxygen atoms in total. The Balaban J connectivity index is 1.79. The molecule has 0 aliphatic rings. The topological polar surface area (TPSA) is 79.2 Å². The summed E-state index contributed by atoms with van der Waals surface area (Å²) in [6.45, 7) is 0.184. The van der Waals surface area contributed by atoms with Crippen LogP contribution in [0.25, 0.3) is 17.4 Å². The largest absolute Gasteiger partial charge is 0.467 e. The molecule has 7 heteroatoms. The van der Waals surface area contributed by atoms with Crippen LogP contribution in [-0.2, 0) is 11.3 Å². The molecule has 26 heavy (non-hydrogen) atoms. The second-order valence-electron chi connectivity index (χ2n) is 5.23. The second-order valence-corrected chi connectivity index (χ2v) is 6.04. The molecule has 3 rings (SSSR count). The van der Waals surface area contributed by atoms with Crippen LogP contribution in [0.2, 0.25) is 10.0 Å². The minimum atomic E-state index is -0.530. The third kappa shape index (κ3) is 3.99. The fraction of sp³-hybridized carbons (Fsp3) is 0.0526. The summed E-state index contributed by atoms with van der Waals surface area (Å²) in [5, 5.41) is 12.7. The molecule has 0 radical (unpaired) electrons. The van der Waals surface area contributed by atoms with Crippen molar-refractivity contribution in [3.8, 4) is 17.4 Å². The first-order chi connectivity index (χ1) is 12.6. The van der Waals surface area contributed by atoms with E-state index in [0.717, 1.165) is 0 Å². The van der Waals surface area contributed by atoms with Crippen molar-refractivity contribution in [2.45, 2.75) is 6.54 Å². The Hall–Kier alpha value is -2.94. The smallest absolute Gasteiger partial charge is 0.262 e. The van der Waals surface area contributed by atoms with Gasteiger partial charge in [0.05, 0.1) is 28.4 Å². The molecule has 0 aliphatic carbocycles. The highest BCUT2D eigenvalue weighted by Gasteiger charge is 2.14. The number of carbonyl (C=O) groups excluding carboxylic acids is 1. The Labute approximate surface area is 159 Å². The SMILES string of the molecule is N#C/C(=C\c1ccc(-c2c(Cl)cccc2Cl)o1)C(=O)NCc1ccco1. The van der Waals surface area contributed by atoms with Gasteiger partial charge in [0.15, 0.2) is 0 Å². The Morgan fingerprint density at radius 3 is 2.58 bits per heavy atom. The van der Waals surface area contributed by atoms with Crippen LogP contribution in [0.1, 0.15) is 11.5 Å². The number of hydrogen-bond donors (Lipinski definition) is 1. The van der Waals surface area contributed by atoms with Crippen molar-refractivity contribution in [2.75, 3.05) is 0 Å². The molecule has 0 bridgehead atoms. The fourth-order valence-corrected chi connectivity index (χ4v) is 2.85. The number of carbonyl (C=O) groups is 1. The van der Waals surface area contributed by atoms with E-state index in [1.807, 2.05) is 6.07 Å². The lowest BCUT2D eigenvalue weighted by molar-refractivity contribution is -0.117. The molecule has 1 aromatic carbocycles. The van der Waals surface area contributed by atoms with Gasteiger partial charge in [-0.1, -0.05) is 29.3 Å². The molecule has 1 N–H and O–H groups in total. The molecular formula is C19H12Cl2N2O3. The molecule has 0 unspecified atom stereocenters. The van der Waals surface area contributed by atoms with Crippen molar-refractivity contribution < 1.29 is 13.6 Å². The van der Waals surface area contributed by atoms with E-state index < -0.39 is 5.91 Å². The number of benzene rings is 1. The monoisotopic (exact) mass is 386 g/mol. The molecule has 0 atom stereocenters. The van der Waals surface area contributed by atoms with Gasteiger partial charge < -0.3 is 14.2 Å². The molecule has 0 saturated carbocycles. The summed E-state index contributed by atoms with van der Waals surface area (Å²) in [6.07, 6.45) is 2.86. The van der Waals surface area contributed by atoms with Gasteiger partial charge in [-0.2, -0.15) is 5.26 Å². The Kier molecular flexibility index (Phi) is 5.47. The number of rotatable bonds is 5. The molecule has 0 aliphatic heterocycles. The van der Waals surface area contributed by atoms with Crippen LogP contribution in [-0.4, -0.2) is 5.91 Å². The first-order valence-electron chi connectivity index (χ1n) is 7.55. The number of nitriles is 1. The van der Waals surface area contributed by atoms with Crippen molar-refractivity contribution in [1.29, 1.82) is 5.26 Å². The molecule has 1 amide bonds. The molecule has 2 heterocycles. The Bertz CT molecular complexity index is 978. The first kappa shape index (κ1) is 17.9. The van der Waals surface area contributed by atoms with Gasteiger partial charge in [-0.25, -0.2) is 0 Å².